The Kier molecular flexibility index (Phi) is 4.77. The van der Waals surface area contributed by atoms with Gasteiger partial charge in [-0.25, -0.2) is 0 Å². The molecule has 1 rings (SSSR count). The first-order valence-corrected chi connectivity index (χ1v) is 6.14. The number of nitrogens with one attached hydrogen (secondary N) is 1. The molecule has 0 aliphatic carbocycles. The lowest BCUT2D eigenvalue weighted by molar-refractivity contribution is 0.0555. The first kappa shape index (κ1) is 13.5. The standard InChI is InChI=1S/C12H18BrNO2/c1-3-12(2,16)8-14-7-9-6-10(15)4-5-11(9)13/h4-6,14-16H,3,7-8H2,1-2H3. The van der Waals surface area contributed by atoms with Gasteiger partial charge in [0.1, 0.15) is 5.75 Å². The summed E-state index contributed by atoms with van der Waals surface area (Å²) >= 11 is 3.41. The van der Waals surface area contributed by atoms with Gasteiger partial charge >= 0.3 is 0 Å². The molecule has 1 unspecified atom stereocenters. The molecule has 0 heterocycles. The molecule has 4 heteroatoms. The Bertz CT molecular complexity index is 353. The normalized spacial score (nSPS) is 14.8. The van der Waals surface area contributed by atoms with Gasteiger partial charge in [0.25, 0.3) is 0 Å². The second-order valence-electron chi connectivity index (χ2n) is 4.23. The van der Waals surface area contributed by atoms with Gasteiger partial charge in [0.2, 0.25) is 0 Å². The van der Waals surface area contributed by atoms with Crippen molar-refractivity contribution in [3.8, 4) is 5.75 Å². The third-order valence-corrected chi connectivity index (χ3v) is 3.39. The van der Waals surface area contributed by atoms with Crippen molar-refractivity contribution in [1.82, 2.24) is 5.32 Å². The number of hydrogen-bond acceptors (Lipinski definition) is 3. The Morgan fingerprint density at radius 1 is 1.44 bits per heavy atom. The first-order valence-electron chi connectivity index (χ1n) is 5.35. The van der Waals surface area contributed by atoms with E-state index in [0.29, 0.717) is 19.5 Å². The van der Waals surface area contributed by atoms with E-state index < -0.39 is 5.60 Å². The molecule has 0 aliphatic rings. The van der Waals surface area contributed by atoms with Crippen LogP contribution in [-0.4, -0.2) is 22.4 Å². The van der Waals surface area contributed by atoms with Crippen LogP contribution in [0, 0.1) is 0 Å². The highest BCUT2D eigenvalue weighted by Gasteiger charge is 2.16. The monoisotopic (exact) mass is 287 g/mol. The van der Waals surface area contributed by atoms with E-state index in [1.807, 2.05) is 13.0 Å². The molecule has 0 spiro atoms. The Morgan fingerprint density at radius 2 is 2.12 bits per heavy atom. The summed E-state index contributed by atoms with van der Waals surface area (Å²) in [6.45, 7) is 4.90. The van der Waals surface area contributed by atoms with E-state index in [0.717, 1.165) is 10.0 Å². The molecule has 0 saturated heterocycles. The van der Waals surface area contributed by atoms with E-state index in [1.165, 1.54) is 0 Å². The van der Waals surface area contributed by atoms with Crippen molar-refractivity contribution in [3.63, 3.8) is 0 Å². The predicted octanol–water partition coefficient (Wildman–Crippen LogP) is 2.41. The largest absolute Gasteiger partial charge is 0.508 e. The zero-order valence-corrected chi connectivity index (χ0v) is 11.2. The average Bonchev–Trinajstić information content (AvgIpc) is 2.23. The van der Waals surface area contributed by atoms with Crippen LogP contribution in [0.15, 0.2) is 22.7 Å². The summed E-state index contributed by atoms with van der Waals surface area (Å²) in [5.74, 6) is 0.252. The summed E-state index contributed by atoms with van der Waals surface area (Å²) in [5, 5.41) is 22.3. The van der Waals surface area contributed by atoms with Crippen molar-refractivity contribution in [2.45, 2.75) is 32.4 Å². The van der Waals surface area contributed by atoms with Gasteiger partial charge in [-0.2, -0.15) is 0 Å². The molecule has 90 valence electrons. The fraction of sp³-hybridized carbons (Fsp3) is 0.500. The van der Waals surface area contributed by atoms with Gasteiger partial charge in [-0.1, -0.05) is 22.9 Å². The van der Waals surface area contributed by atoms with Crippen molar-refractivity contribution < 1.29 is 10.2 Å². The van der Waals surface area contributed by atoms with Crippen LogP contribution >= 0.6 is 15.9 Å². The van der Waals surface area contributed by atoms with E-state index in [-0.39, 0.29) is 5.75 Å². The minimum Gasteiger partial charge on any atom is -0.508 e. The topological polar surface area (TPSA) is 52.5 Å². The molecule has 0 amide bonds. The number of aliphatic hydroxyl groups is 1. The van der Waals surface area contributed by atoms with Crippen LogP contribution in [0.25, 0.3) is 0 Å². The molecule has 0 radical (unpaired) electrons. The van der Waals surface area contributed by atoms with Gasteiger partial charge < -0.3 is 15.5 Å². The zero-order valence-electron chi connectivity index (χ0n) is 9.63. The van der Waals surface area contributed by atoms with Crippen LogP contribution in [-0.2, 0) is 6.54 Å². The van der Waals surface area contributed by atoms with Crippen molar-refractivity contribution in [2.24, 2.45) is 0 Å². The molecule has 0 fully saturated rings. The Hall–Kier alpha value is -0.580. The van der Waals surface area contributed by atoms with Crippen molar-refractivity contribution in [3.05, 3.63) is 28.2 Å². The lowest BCUT2D eigenvalue weighted by atomic mass is 10.0. The highest BCUT2D eigenvalue weighted by Crippen LogP contribution is 2.21. The van der Waals surface area contributed by atoms with Crippen molar-refractivity contribution in [2.75, 3.05) is 6.54 Å². The van der Waals surface area contributed by atoms with E-state index in [1.54, 1.807) is 19.1 Å². The van der Waals surface area contributed by atoms with Gasteiger partial charge in [0, 0.05) is 17.6 Å². The molecule has 0 saturated carbocycles. The van der Waals surface area contributed by atoms with Crippen LogP contribution in [0.4, 0.5) is 0 Å². The quantitative estimate of drug-likeness (QED) is 0.780. The molecule has 0 bridgehead atoms. The van der Waals surface area contributed by atoms with Crippen LogP contribution in [0.1, 0.15) is 25.8 Å². The Labute approximate surface area is 105 Å². The van der Waals surface area contributed by atoms with Crippen molar-refractivity contribution in [1.29, 1.82) is 0 Å². The minimum absolute atomic E-state index is 0.252. The smallest absolute Gasteiger partial charge is 0.115 e. The molecule has 1 aromatic carbocycles. The summed E-state index contributed by atoms with van der Waals surface area (Å²) in [6.07, 6.45) is 0.710. The molecule has 16 heavy (non-hydrogen) atoms. The van der Waals surface area contributed by atoms with Gasteiger partial charge in [0.15, 0.2) is 0 Å². The van der Waals surface area contributed by atoms with Gasteiger partial charge in [-0.3, -0.25) is 0 Å². The third kappa shape index (κ3) is 4.12. The molecule has 3 nitrogen and oxygen atoms in total. The maximum atomic E-state index is 9.80. The molecule has 1 aromatic rings. The average molecular weight is 288 g/mol. The SMILES string of the molecule is CCC(C)(O)CNCc1cc(O)ccc1Br. The predicted molar refractivity (Wildman–Crippen MR) is 68.4 cm³/mol. The van der Waals surface area contributed by atoms with Crippen LogP contribution in [0.5, 0.6) is 5.75 Å². The summed E-state index contributed by atoms with van der Waals surface area (Å²) in [5.41, 5.74) is 0.301. The number of halogens is 1. The second kappa shape index (κ2) is 5.66. The first-order chi connectivity index (χ1) is 7.44. The lowest BCUT2D eigenvalue weighted by Gasteiger charge is -2.21. The summed E-state index contributed by atoms with van der Waals surface area (Å²) < 4.78 is 0.953. The van der Waals surface area contributed by atoms with Gasteiger partial charge in [-0.15, -0.1) is 0 Å². The summed E-state index contributed by atoms with van der Waals surface area (Å²) in [7, 11) is 0. The molecule has 0 aliphatic heterocycles. The van der Waals surface area contributed by atoms with Gasteiger partial charge in [-0.05, 0) is 37.1 Å². The number of rotatable bonds is 5. The third-order valence-electron chi connectivity index (χ3n) is 2.61. The number of phenols is 1. The Balaban J connectivity index is 2.52. The molecule has 1 atom stereocenters. The number of hydrogen-bond donors (Lipinski definition) is 3. The minimum atomic E-state index is -0.677. The molecular formula is C12H18BrNO2. The molecule has 3 N–H and O–H groups in total. The summed E-state index contributed by atoms with van der Waals surface area (Å²) in [4.78, 5) is 0. The van der Waals surface area contributed by atoms with Crippen molar-refractivity contribution >= 4 is 15.9 Å². The lowest BCUT2D eigenvalue weighted by Crippen LogP contribution is -2.36. The second-order valence-corrected chi connectivity index (χ2v) is 5.08. The van der Waals surface area contributed by atoms with E-state index in [2.05, 4.69) is 21.2 Å². The van der Waals surface area contributed by atoms with Gasteiger partial charge in [0.05, 0.1) is 5.60 Å². The fourth-order valence-corrected chi connectivity index (χ4v) is 1.67. The zero-order chi connectivity index (χ0) is 12.2. The highest BCUT2D eigenvalue weighted by molar-refractivity contribution is 9.10. The maximum absolute atomic E-state index is 9.80. The fourth-order valence-electron chi connectivity index (χ4n) is 1.29. The molecule has 0 aromatic heterocycles. The number of aromatic hydroxyl groups is 1. The number of benzene rings is 1. The summed E-state index contributed by atoms with van der Waals surface area (Å²) in [6, 6.07) is 5.15. The van der Waals surface area contributed by atoms with E-state index >= 15 is 0 Å². The highest BCUT2D eigenvalue weighted by atomic mass is 79.9. The van der Waals surface area contributed by atoms with E-state index in [9.17, 15) is 10.2 Å². The Morgan fingerprint density at radius 3 is 2.75 bits per heavy atom. The van der Waals surface area contributed by atoms with Crippen LogP contribution in [0.2, 0.25) is 0 Å². The molecular weight excluding hydrogens is 270 g/mol. The number of phenolic OH excluding ortho intramolecular Hbond substituents is 1. The van der Waals surface area contributed by atoms with Crippen LogP contribution in [0.3, 0.4) is 0 Å². The van der Waals surface area contributed by atoms with E-state index in [4.69, 9.17) is 0 Å². The maximum Gasteiger partial charge on any atom is 0.115 e. The van der Waals surface area contributed by atoms with Crippen LogP contribution < -0.4 is 5.32 Å².